The molecule has 0 atom stereocenters. The molecule has 0 radical (unpaired) electrons. The van der Waals surface area contributed by atoms with Gasteiger partial charge in [-0.3, -0.25) is 4.90 Å². The highest BCUT2D eigenvalue weighted by molar-refractivity contribution is 7.10. The van der Waals surface area contributed by atoms with Crippen molar-refractivity contribution < 1.29 is 14.6 Å². The number of rotatable bonds is 2. The molecule has 0 amide bonds. The second kappa shape index (κ2) is 4.68. The lowest BCUT2D eigenvalue weighted by Crippen LogP contribution is -2.29. The average molecular weight is 289 g/mol. The van der Waals surface area contributed by atoms with Gasteiger partial charge in [-0.25, -0.2) is 0 Å². The van der Waals surface area contributed by atoms with E-state index in [4.69, 9.17) is 9.47 Å². The van der Waals surface area contributed by atoms with Crippen LogP contribution in [0.1, 0.15) is 16.0 Å². The van der Waals surface area contributed by atoms with Crippen molar-refractivity contribution in [2.45, 2.75) is 19.5 Å². The standard InChI is InChI=1S/C15H15NO3S/c17-12-6-14-13(18-9-19-14)5-11(12)8-16-3-1-15-10(7-16)2-4-20-15/h2,4-6,17H,1,3,7-9H2. The minimum atomic E-state index is 0.236. The number of aromatic hydroxyl groups is 1. The Morgan fingerprint density at radius 3 is 3.00 bits per heavy atom. The second-order valence-electron chi connectivity index (χ2n) is 5.16. The molecule has 0 spiro atoms. The van der Waals surface area contributed by atoms with Crippen LogP contribution in [0.2, 0.25) is 0 Å². The molecule has 0 unspecified atom stereocenters. The quantitative estimate of drug-likeness (QED) is 0.923. The van der Waals surface area contributed by atoms with Gasteiger partial charge in [0.2, 0.25) is 6.79 Å². The summed E-state index contributed by atoms with van der Waals surface area (Å²) in [6, 6.07) is 5.74. The molecular formula is C15H15NO3S. The Kier molecular flexibility index (Phi) is 2.82. The maximum atomic E-state index is 10.1. The Hall–Kier alpha value is -1.72. The Morgan fingerprint density at radius 1 is 1.25 bits per heavy atom. The summed E-state index contributed by atoms with van der Waals surface area (Å²) in [6.45, 7) is 2.95. The predicted octanol–water partition coefficient (Wildman–Crippen LogP) is 2.74. The summed E-state index contributed by atoms with van der Waals surface area (Å²) in [5.41, 5.74) is 2.31. The van der Waals surface area contributed by atoms with Crippen LogP contribution in [0.15, 0.2) is 23.6 Å². The van der Waals surface area contributed by atoms with Crippen LogP contribution in [0.3, 0.4) is 0 Å². The molecule has 5 heteroatoms. The van der Waals surface area contributed by atoms with Crippen LogP contribution in [0.25, 0.3) is 0 Å². The van der Waals surface area contributed by atoms with E-state index in [1.807, 2.05) is 17.4 Å². The van der Waals surface area contributed by atoms with Crippen LogP contribution in [0.4, 0.5) is 0 Å². The van der Waals surface area contributed by atoms with E-state index in [2.05, 4.69) is 16.3 Å². The SMILES string of the molecule is Oc1cc2c(cc1CN1CCc3sccc3C1)OCO2. The third-order valence-electron chi connectivity index (χ3n) is 3.85. The van der Waals surface area contributed by atoms with Crippen molar-refractivity contribution in [1.82, 2.24) is 4.90 Å². The van der Waals surface area contributed by atoms with Crippen molar-refractivity contribution in [3.63, 3.8) is 0 Å². The fraction of sp³-hybridized carbons (Fsp3) is 0.333. The minimum absolute atomic E-state index is 0.236. The molecule has 2 aliphatic rings. The molecule has 20 heavy (non-hydrogen) atoms. The molecule has 2 aromatic rings. The zero-order chi connectivity index (χ0) is 13.5. The number of phenols is 1. The molecule has 0 bridgehead atoms. The molecule has 2 aliphatic heterocycles. The van der Waals surface area contributed by atoms with Gasteiger partial charge in [0.25, 0.3) is 0 Å². The van der Waals surface area contributed by atoms with E-state index in [0.717, 1.165) is 37.4 Å². The Balaban J connectivity index is 1.55. The number of phenolic OH excluding ortho intramolecular Hbond substituents is 1. The van der Waals surface area contributed by atoms with Gasteiger partial charge >= 0.3 is 0 Å². The second-order valence-corrected chi connectivity index (χ2v) is 6.16. The summed E-state index contributed by atoms with van der Waals surface area (Å²) in [4.78, 5) is 3.85. The molecule has 4 nitrogen and oxygen atoms in total. The van der Waals surface area contributed by atoms with Crippen molar-refractivity contribution in [3.05, 3.63) is 39.6 Å². The van der Waals surface area contributed by atoms with Gasteiger partial charge in [-0.1, -0.05) is 0 Å². The minimum Gasteiger partial charge on any atom is -0.507 e. The number of ether oxygens (including phenoxy) is 2. The summed E-state index contributed by atoms with van der Waals surface area (Å²) in [5.74, 6) is 1.64. The third-order valence-corrected chi connectivity index (χ3v) is 4.88. The molecule has 1 aromatic carbocycles. The first kappa shape index (κ1) is 12.1. The van der Waals surface area contributed by atoms with Crippen LogP contribution in [0, 0.1) is 0 Å². The smallest absolute Gasteiger partial charge is 0.231 e. The van der Waals surface area contributed by atoms with Gasteiger partial charge in [0.15, 0.2) is 11.5 Å². The number of thiophene rings is 1. The summed E-state index contributed by atoms with van der Waals surface area (Å²) in [7, 11) is 0. The van der Waals surface area contributed by atoms with Gasteiger partial charge in [0.1, 0.15) is 5.75 Å². The Labute approximate surface area is 121 Å². The van der Waals surface area contributed by atoms with E-state index >= 15 is 0 Å². The molecule has 0 aliphatic carbocycles. The van der Waals surface area contributed by atoms with Crippen molar-refractivity contribution in [2.24, 2.45) is 0 Å². The van der Waals surface area contributed by atoms with Crippen LogP contribution >= 0.6 is 11.3 Å². The molecule has 0 fully saturated rings. The fourth-order valence-electron chi connectivity index (χ4n) is 2.78. The number of hydrogen-bond acceptors (Lipinski definition) is 5. The van der Waals surface area contributed by atoms with Gasteiger partial charge in [-0.15, -0.1) is 11.3 Å². The van der Waals surface area contributed by atoms with E-state index < -0.39 is 0 Å². The molecule has 1 aromatic heterocycles. The average Bonchev–Trinajstić information content (AvgIpc) is 3.06. The predicted molar refractivity (Wildman–Crippen MR) is 76.4 cm³/mol. The third kappa shape index (κ3) is 2.03. The van der Waals surface area contributed by atoms with Crippen molar-refractivity contribution in [3.8, 4) is 17.2 Å². The van der Waals surface area contributed by atoms with Gasteiger partial charge in [0, 0.05) is 36.1 Å². The lowest BCUT2D eigenvalue weighted by molar-refractivity contribution is 0.173. The summed E-state index contributed by atoms with van der Waals surface area (Å²) in [6.07, 6.45) is 1.10. The summed E-state index contributed by atoms with van der Waals surface area (Å²) < 4.78 is 10.6. The molecule has 0 saturated carbocycles. The Morgan fingerprint density at radius 2 is 2.10 bits per heavy atom. The monoisotopic (exact) mass is 289 g/mol. The van der Waals surface area contributed by atoms with Crippen LogP contribution < -0.4 is 9.47 Å². The van der Waals surface area contributed by atoms with E-state index in [0.29, 0.717) is 5.75 Å². The van der Waals surface area contributed by atoms with E-state index in [9.17, 15) is 5.11 Å². The summed E-state index contributed by atoms with van der Waals surface area (Å²) >= 11 is 1.84. The van der Waals surface area contributed by atoms with E-state index in [1.165, 1.54) is 10.4 Å². The van der Waals surface area contributed by atoms with Crippen LogP contribution in [-0.4, -0.2) is 23.3 Å². The van der Waals surface area contributed by atoms with E-state index in [-0.39, 0.29) is 12.5 Å². The maximum Gasteiger partial charge on any atom is 0.231 e. The molecule has 3 heterocycles. The highest BCUT2D eigenvalue weighted by Crippen LogP contribution is 2.38. The largest absolute Gasteiger partial charge is 0.507 e. The van der Waals surface area contributed by atoms with Gasteiger partial charge in [0.05, 0.1) is 0 Å². The molecule has 1 N–H and O–H groups in total. The number of nitrogens with zero attached hydrogens (tertiary/aromatic N) is 1. The number of benzene rings is 1. The first-order valence-electron chi connectivity index (χ1n) is 6.69. The number of fused-ring (bicyclic) bond motifs is 2. The first-order chi connectivity index (χ1) is 9.79. The van der Waals surface area contributed by atoms with Gasteiger partial charge < -0.3 is 14.6 Å². The molecule has 0 saturated heterocycles. The molecular weight excluding hydrogens is 274 g/mol. The van der Waals surface area contributed by atoms with Crippen molar-refractivity contribution >= 4 is 11.3 Å². The topological polar surface area (TPSA) is 41.9 Å². The van der Waals surface area contributed by atoms with Crippen molar-refractivity contribution in [1.29, 1.82) is 0 Å². The first-order valence-corrected chi connectivity index (χ1v) is 7.56. The molecule has 4 rings (SSSR count). The van der Waals surface area contributed by atoms with Crippen LogP contribution in [-0.2, 0) is 19.5 Å². The fourth-order valence-corrected chi connectivity index (χ4v) is 3.67. The van der Waals surface area contributed by atoms with Crippen molar-refractivity contribution in [2.75, 3.05) is 13.3 Å². The maximum absolute atomic E-state index is 10.1. The zero-order valence-electron chi connectivity index (χ0n) is 11.0. The number of hydrogen-bond donors (Lipinski definition) is 1. The highest BCUT2D eigenvalue weighted by atomic mass is 32.1. The molecule has 104 valence electrons. The van der Waals surface area contributed by atoms with Gasteiger partial charge in [-0.2, -0.15) is 0 Å². The zero-order valence-corrected chi connectivity index (χ0v) is 11.8. The Bertz CT molecular complexity index is 653. The van der Waals surface area contributed by atoms with Gasteiger partial charge in [-0.05, 0) is 29.5 Å². The van der Waals surface area contributed by atoms with Crippen LogP contribution in [0.5, 0.6) is 17.2 Å². The lowest BCUT2D eigenvalue weighted by atomic mass is 10.1. The van der Waals surface area contributed by atoms with E-state index in [1.54, 1.807) is 6.07 Å². The highest BCUT2D eigenvalue weighted by Gasteiger charge is 2.21. The lowest BCUT2D eigenvalue weighted by Gasteiger charge is -2.27. The summed E-state index contributed by atoms with van der Waals surface area (Å²) in [5, 5.41) is 12.3. The normalized spacial score (nSPS) is 17.2.